The summed E-state index contributed by atoms with van der Waals surface area (Å²) in [5.41, 5.74) is 4.91. The average molecular weight is 413 g/mol. The number of benzene rings is 1. The SMILES string of the molecule is COc1c(C)cnc(CNC(=O)c2cnn(-c3ccc(Cl)cc3)c2C(C)C)c1C. The predicted octanol–water partition coefficient (Wildman–Crippen LogP) is 4.60. The average Bonchev–Trinajstić information content (AvgIpc) is 3.13. The van der Waals surface area contributed by atoms with E-state index in [4.69, 9.17) is 16.3 Å². The number of aromatic nitrogens is 3. The van der Waals surface area contributed by atoms with Crippen LogP contribution in [0.15, 0.2) is 36.7 Å². The molecule has 6 nitrogen and oxygen atoms in total. The van der Waals surface area contributed by atoms with Crippen LogP contribution in [-0.2, 0) is 6.54 Å². The molecule has 1 N–H and O–H groups in total. The molecular weight excluding hydrogens is 388 g/mol. The lowest BCUT2D eigenvalue weighted by Crippen LogP contribution is -2.25. The lowest BCUT2D eigenvalue weighted by Gasteiger charge is -2.14. The summed E-state index contributed by atoms with van der Waals surface area (Å²) in [5.74, 6) is 0.714. The minimum absolute atomic E-state index is 0.105. The fourth-order valence-corrected chi connectivity index (χ4v) is 3.51. The zero-order chi connectivity index (χ0) is 21.1. The Morgan fingerprint density at radius 1 is 1.21 bits per heavy atom. The molecule has 0 fully saturated rings. The number of nitrogens with one attached hydrogen (secondary N) is 1. The van der Waals surface area contributed by atoms with Crippen LogP contribution in [-0.4, -0.2) is 27.8 Å². The number of pyridine rings is 1. The van der Waals surface area contributed by atoms with Crippen LogP contribution < -0.4 is 10.1 Å². The van der Waals surface area contributed by atoms with Crippen molar-refractivity contribution >= 4 is 17.5 Å². The molecule has 1 amide bonds. The van der Waals surface area contributed by atoms with Gasteiger partial charge in [-0.3, -0.25) is 9.78 Å². The van der Waals surface area contributed by atoms with E-state index in [1.165, 1.54) is 0 Å². The van der Waals surface area contributed by atoms with E-state index in [2.05, 4.69) is 15.4 Å². The molecule has 3 rings (SSSR count). The van der Waals surface area contributed by atoms with Crippen LogP contribution in [0.4, 0.5) is 0 Å². The molecule has 152 valence electrons. The molecule has 0 saturated carbocycles. The molecule has 0 aliphatic heterocycles. The molecule has 0 radical (unpaired) electrons. The maximum atomic E-state index is 12.9. The second-order valence-electron chi connectivity index (χ2n) is 7.22. The van der Waals surface area contributed by atoms with Gasteiger partial charge in [0.05, 0.1) is 42.5 Å². The van der Waals surface area contributed by atoms with E-state index in [1.807, 2.05) is 52.0 Å². The van der Waals surface area contributed by atoms with E-state index in [-0.39, 0.29) is 11.8 Å². The van der Waals surface area contributed by atoms with Crippen LogP contribution >= 0.6 is 11.6 Å². The number of hydrogen-bond acceptors (Lipinski definition) is 4. The first kappa shape index (κ1) is 20.9. The molecule has 7 heteroatoms. The van der Waals surface area contributed by atoms with Crippen LogP contribution in [0, 0.1) is 13.8 Å². The highest BCUT2D eigenvalue weighted by molar-refractivity contribution is 6.30. The number of carbonyl (C=O) groups excluding carboxylic acids is 1. The third-order valence-electron chi connectivity index (χ3n) is 4.84. The summed E-state index contributed by atoms with van der Waals surface area (Å²) in [6, 6.07) is 7.38. The van der Waals surface area contributed by atoms with Crippen molar-refractivity contribution in [3.8, 4) is 11.4 Å². The molecule has 0 spiro atoms. The second kappa shape index (κ2) is 8.66. The van der Waals surface area contributed by atoms with Crippen LogP contribution in [0.2, 0.25) is 5.02 Å². The van der Waals surface area contributed by atoms with E-state index >= 15 is 0 Å². The van der Waals surface area contributed by atoms with Crippen LogP contribution in [0.25, 0.3) is 5.69 Å². The maximum absolute atomic E-state index is 12.9. The Morgan fingerprint density at radius 2 is 1.90 bits per heavy atom. The lowest BCUT2D eigenvalue weighted by molar-refractivity contribution is 0.0949. The van der Waals surface area contributed by atoms with Crippen LogP contribution in [0.5, 0.6) is 5.75 Å². The van der Waals surface area contributed by atoms with Gasteiger partial charge in [0.2, 0.25) is 0 Å². The number of rotatable bonds is 6. The van der Waals surface area contributed by atoms with Crippen molar-refractivity contribution in [3.05, 3.63) is 69.8 Å². The van der Waals surface area contributed by atoms with E-state index in [0.29, 0.717) is 17.1 Å². The fourth-order valence-electron chi connectivity index (χ4n) is 3.38. The largest absolute Gasteiger partial charge is 0.496 e. The number of amides is 1. The van der Waals surface area contributed by atoms with Gasteiger partial charge in [0.25, 0.3) is 5.91 Å². The number of nitrogens with zero attached hydrogens (tertiary/aromatic N) is 3. The first-order valence-corrected chi connectivity index (χ1v) is 9.82. The maximum Gasteiger partial charge on any atom is 0.255 e. The highest BCUT2D eigenvalue weighted by Crippen LogP contribution is 2.25. The third kappa shape index (κ3) is 4.27. The molecule has 2 heterocycles. The van der Waals surface area contributed by atoms with Gasteiger partial charge in [0.15, 0.2) is 0 Å². The predicted molar refractivity (Wildman–Crippen MR) is 114 cm³/mol. The summed E-state index contributed by atoms with van der Waals surface area (Å²) in [7, 11) is 1.64. The minimum atomic E-state index is -0.186. The highest BCUT2D eigenvalue weighted by atomic mass is 35.5. The van der Waals surface area contributed by atoms with E-state index in [0.717, 1.165) is 34.0 Å². The van der Waals surface area contributed by atoms with Crippen molar-refractivity contribution in [2.45, 2.75) is 40.2 Å². The van der Waals surface area contributed by atoms with Crippen molar-refractivity contribution in [3.63, 3.8) is 0 Å². The Hall–Kier alpha value is -2.86. The van der Waals surface area contributed by atoms with Crippen LogP contribution in [0.3, 0.4) is 0 Å². The number of ether oxygens (including phenoxy) is 1. The zero-order valence-corrected chi connectivity index (χ0v) is 18.0. The smallest absolute Gasteiger partial charge is 0.255 e. The summed E-state index contributed by atoms with van der Waals surface area (Å²) in [4.78, 5) is 17.4. The lowest BCUT2D eigenvalue weighted by atomic mass is 10.0. The summed E-state index contributed by atoms with van der Waals surface area (Å²) < 4.78 is 7.23. The van der Waals surface area contributed by atoms with Crippen molar-refractivity contribution in [1.29, 1.82) is 0 Å². The summed E-state index contributed by atoms with van der Waals surface area (Å²) in [6.45, 7) is 8.28. The van der Waals surface area contributed by atoms with Crippen LogP contribution in [0.1, 0.15) is 52.6 Å². The van der Waals surface area contributed by atoms with Gasteiger partial charge in [-0.2, -0.15) is 5.10 Å². The number of methoxy groups -OCH3 is 1. The molecule has 0 saturated heterocycles. The van der Waals surface area contributed by atoms with Gasteiger partial charge >= 0.3 is 0 Å². The normalized spacial score (nSPS) is 11.0. The number of carbonyl (C=O) groups is 1. The molecule has 29 heavy (non-hydrogen) atoms. The highest BCUT2D eigenvalue weighted by Gasteiger charge is 2.21. The monoisotopic (exact) mass is 412 g/mol. The Morgan fingerprint density at radius 3 is 2.52 bits per heavy atom. The Balaban J connectivity index is 1.86. The zero-order valence-electron chi connectivity index (χ0n) is 17.3. The van der Waals surface area contributed by atoms with Gasteiger partial charge < -0.3 is 10.1 Å². The van der Waals surface area contributed by atoms with Gasteiger partial charge in [-0.05, 0) is 44.0 Å². The molecule has 3 aromatic rings. The van der Waals surface area contributed by atoms with Gasteiger partial charge in [0, 0.05) is 22.3 Å². The van der Waals surface area contributed by atoms with Crippen molar-refractivity contribution in [2.24, 2.45) is 0 Å². The summed E-state index contributed by atoms with van der Waals surface area (Å²) in [6.07, 6.45) is 3.36. The molecule has 0 aliphatic rings. The summed E-state index contributed by atoms with van der Waals surface area (Å²) in [5, 5.41) is 8.07. The second-order valence-corrected chi connectivity index (χ2v) is 7.65. The summed E-state index contributed by atoms with van der Waals surface area (Å²) >= 11 is 5.99. The fraction of sp³-hybridized carbons (Fsp3) is 0.318. The molecular formula is C22H25ClN4O2. The van der Waals surface area contributed by atoms with Gasteiger partial charge in [-0.1, -0.05) is 25.4 Å². The molecule has 0 atom stereocenters. The van der Waals surface area contributed by atoms with Crippen molar-refractivity contribution in [2.75, 3.05) is 7.11 Å². The van der Waals surface area contributed by atoms with Crippen molar-refractivity contribution < 1.29 is 9.53 Å². The van der Waals surface area contributed by atoms with E-state index in [9.17, 15) is 4.79 Å². The number of halogens is 1. The van der Waals surface area contributed by atoms with Gasteiger partial charge in [0.1, 0.15) is 5.75 Å². The number of aryl methyl sites for hydroxylation is 1. The molecule has 2 aromatic heterocycles. The molecule has 1 aromatic carbocycles. The van der Waals surface area contributed by atoms with Gasteiger partial charge in [-0.25, -0.2) is 4.68 Å². The number of hydrogen-bond donors (Lipinski definition) is 1. The topological polar surface area (TPSA) is 69.0 Å². The van der Waals surface area contributed by atoms with Crippen molar-refractivity contribution in [1.82, 2.24) is 20.1 Å². The molecule has 0 aliphatic carbocycles. The Kier molecular flexibility index (Phi) is 6.23. The molecule has 0 unspecified atom stereocenters. The van der Waals surface area contributed by atoms with Gasteiger partial charge in [-0.15, -0.1) is 0 Å². The Labute approximate surface area is 175 Å². The molecule has 0 bridgehead atoms. The standard InChI is InChI=1S/C22H25ClN4O2/c1-13(2)20-18(11-26-27(20)17-8-6-16(23)7-9-17)22(28)25-12-19-15(4)21(29-5)14(3)10-24-19/h6-11,13H,12H2,1-5H3,(H,25,28). The first-order valence-electron chi connectivity index (χ1n) is 9.44. The quantitative estimate of drug-likeness (QED) is 0.642. The van der Waals surface area contributed by atoms with E-state index in [1.54, 1.807) is 24.2 Å². The minimum Gasteiger partial charge on any atom is -0.496 e. The first-order chi connectivity index (χ1) is 13.8. The van der Waals surface area contributed by atoms with E-state index < -0.39 is 0 Å². The third-order valence-corrected chi connectivity index (χ3v) is 5.09. The Bertz CT molecular complexity index is 1030.